The van der Waals surface area contributed by atoms with Gasteiger partial charge in [-0.15, -0.1) is 0 Å². The predicted molar refractivity (Wildman–Crippen MR) is 111 cm³/mol. The van der Waals surface area contributed by atoms with Crippen LogP contribution in [-0.4, -0.2) is 38.3 Å². The van der Waals surface area contributed by atoms with Crippen molar-refractivity contribution in [3.05, 3.63) is 34.2 Å². The van der Waals surface area contributed by atoms with Gasteiger partial charge in [0, 0.05) is 19.9 Å². The fraction of sp³-hybridized carbons (Fsp3) is 0.571. The molecule has 0 aliphatic carbocycles. The number of carbonyl (C=O) groups is 2. The van der Waals surface area contributed by atoms with E-state index in [2.05, 4.69) is 0 Å². The maximum atomic E-state index is 12.8. The molecule has 1 fully saturated rings. The Hall–Kier alpha value is -2.45. The molecule has 3 N–H and O–H groups in total. The average Bonchev–Trinajstić information content (AvgIpc) is 2.91. The van der Waals surface area contributed by atoms with Crippen molar-refractivity contribution in [2.75, 3.05) is 11.6 Å². The van der Waals surface area contributed by atoms with Gasteiger partial charge in [-0.25, -0.2) is 4.79 Å². The number of imidazole rings is 1. The number of nitrogens with two attached hydrogens (primary N) is 1. The zero-order valence-corrected chi connectivity index (χ0v) is 17.2. The van der Waals surface area contributed by atoms with Gasteiger partial charge in [-0.1, -0.05) is 6.07 Å². The van der Waals surface area contributed by atoms with E-state index in [0.29, 0.717) is 36.8 Å². The molecule has 1 aromatic carbocycles. The molecule has 1 atom stereocenters. The number of aromatic nitrogens is 2. The number of amides is 2. The Balaban J connectivity index is 1.83. The molecule has 1 aliphatic heterocycles. The van der Waals surface area contributed by atoms with E-state index >= 15 is 0 Å². The van der Waals surface area contributed by atoms with Gasteiger partial charge in [-0.05, 0) is 69.7 Å². The molecule has 8 heteroatoms. The normalized spacial score (nSPS) is 17.2. The minimum atomic E-state index is -0.728. The van der Waals surface area contributed by atoms with Gasteiger partial charge in [0.15, 0.2) is 0 Å². The second kappa shape index (κ2) is 8.51. The highest BCUT2D eigenvalue weighted by atomic mass is 16.3. The summed E-state index contributed by atoms with van der Waals surface area (Å²) in [6.45, 7) is 2.40. The van der Waals surface area contributed by atoms with Gasteiger partial charge in [0.05, 0.1) is 16.6 Å². The first-order chi connectivity index (χ1) is 13.7. The Labute approximate surface area is 169 Å². The fourth-order valence-corrected chi connectivity index (χ4v) is 3.96. The molecule has 1 aromatic heterocycles. The van der Waals surface area contributed by atoms with Crippen LogP contribution in [0, 0.1) is 0 Å². The van der Waals surface area contributed by atoms with Crippen LogP contribution in [0.1, 0.15) is 57.4 Å². The molecule has 1 aliphatic rings. The zero-order chi connectivity index (χ0) is 21.2. The van der Waals surface area contributed by atoms with Crippen molar-refractivity contribution in [1.29, 1.82) is 0 Å². The van der Waals surface area contributed by atoms with Crippen LogP contribution in [0.15, 0.2) is 23.0 Å². The number of fused-ring (bicyclic) bond motifs is 1. The van der Waals surface area contributed by atoms with Gasteiger partial charge in [0.2, 0.25) is 11.8 Å². The van der Waals surface area contributed by atoms with Crippen LogP contribution in [0.3, 0.4) is 0 Å². The minimum Gasteiger partial charge on any atom is -0.390 e. The maximum absolute atomic E-state index is 12.8. The van der Waals surface area contributed by atoms with Crippen molar-refractivity contribution in [2.24, 2.45) is 12.8 Å². The number of aliphatic hydroxyl groups is 1. The summed E-state index contributed by atoms with van der Waals surface area (Å²) in [7, 11) is 1.64. The van der Waals surface area contributed by atoms with E-state index in [1.165, 1.54) is 9.24 Å². The summed E-state index contributed by atoms with van der Waals surface area (Å²) in [5.41, 5.74) is 6.64. The number of rotatable bonds is 8. The van der Waals surface area contributed by atoms with Gasteiger partial charge in [0.25, 0.3) is 0 Å². The molecule has 2 amide bonds. The molecule has 0 saturated carbocycles. The van der Waals surface area contributed by atoms with E-state index in [9.17, 15) is 19.5 Å². The van der Waals surface area contributed by atoms with Gasteiger partial charge in [0.1, 0.15) is 0 Å². The van der Waals surface area contributed by atoms with E-state index in [-0.39, 0.29) is 24.7 Å². The number of carbonyl (C=O) groups excluding carboxylic acids is 2. The summed E-state index contributed by atoms with van der Waals surface area (Å²) in [5, 5.41) is 11.4. The molecule has 8 nitrogen and oxygen atoms in total. The third-order valence-electron chi connectivity index (χ3n) is 5.65. The van der Waals surface area contributed by atoms with Crippen LogP contribution in [0.2, 0.25) is 0 Å². The Morgan fingerprint density at radius 2 is 1.72 bits per heavy atom. The number of hydrogen-bond acceptors (Lipinski definition) is 5. The monoisotopic (exact) mass is 402 g/mol. The smallest absolute Gasteiger partial charge is 0.348 e. The van der Waals surface area contributed by atoms with E-state index in [4.69, 9.17) is 5.73 Å². The molecular formula is C21H30N4O4. The highest BCUT2D eigenvalue weighted by Crippen LogP contribution is 2.22. The summed E-state index contributed by atoms with van der Waals surface area (Å²) >= 11 is 0. The number of piperidine rings is 1. The molecule has 0 bridgehead atoms. The van der Waals surface area contributed by atoms with Crippen LogP contribution in [-0.2, 0) is 23.1 Å². The minimum absolute atomic E-state index is 0.261. The molecule has 2 heterocycles. The number of nitrogens with zero attached hydrogens (tertiary/aromatic N) is 3. The third-order valence-corrected chi connectivity index (χ3v) is 5.65. The van der Waals surface area contributed by atoms with Crippen LogP contribution in [0.25, 0.3) is 11.0 Å². The van der Waals surface area contributed by atoms with Crippen molar-refractivity contribution in [1.82, 2.24) is 9.24 Å². The summed E-state index contributed by atoms with van der Waals surface area (Å²) in [6.07, 6.45) is 4.75. The highest BCUT2D eigenvalue weighted by Gasteiger charge is 2.31. The van der Waals surface area contributed by atoms with Gasteiger partial charge < -0.3 is 10.8 Å². The summed E-state index contributed by atoms with van der Waals surface area (Å²) in [6, 6.07) is 5.61. The molecule has 0 spiro atoms. The first kappa shape index (κ1) is 21.3. The Bertz CT molecular complexity index is 957. The highest BCUT2D eigenvalue weighted by molar-refractivity contribution is 6.10. The van der Waals surface area contributed by atoms with Crippen molar-refractivity contribution in [2.45, 2.75) is 63.9 Å². The van der Waals surface area contributed by atoms with Crippen LogP contribution in [0.4, 0.5) is 0 Å². The van der Waals surface area contributed by atoms with Crippen molar-refractivity contribution < 1.29 is 14.7 Å². The topological polar surface area (TPSA) is 111 Å². The maximum Gasteiger partial charge on any atom is 0.348 e. The zero-order valence-electron chi connectivity index (χ0n) is 17.2. The lowest BCUT2D eigenvalue weighted by atomic mass is 9.92. The lowest BCUT2D eigenvalue weighted by Crippen LogP contribution is -2.52. The Kier molecular flexibility index (Phi) is 6.24. The summed E-state index contributed by atoms with van der Waals surface area (Å²) in [5.74, 6) is -0.695. The van der Waals surface area contributed by atoms with Crippen molar-refractivity contribution in [3.63, 3.8) is 0 Å². The largest absolute Gasteiger partial charge is 0.390 e. The SMILES string of the molecule is Cn1c(=O)n(N2C(=O)CCCC2=O)c2ccc(CCCC(C)(O)CCCN)cc21. The number of imide groups is 1. The average molecular weight is 402 g/mol. The number of benzene rings is 1. The second-order valence-corrected chi connectivity index (χ2v) is 8.17. The van der Waals surface area contributed by atoms with Crippen LogP contribution >= 0.6 is 0 Å². The predicted octanol–water partition coefficient (Wildman–Crippen LogP) is 1.33. The van der Waals surface area contributed by atoms with E-state index in [0.717, 1.165) is 29.8 Å². The third kappa shape index (κ3) is 4.43. The molecule has 158 valence electrons. The molecule has 2 aromatic rings. The van der Waals surface area contributed by atoms with E-state index in [1.54, 1.807) is 13.1 Å². The van der Waals surface area contributed by atoms with E-state index in [1.807, 2.05) is 19.1 Å². The van der Waals surface area contributed by atoms with E-state index < -0.39 is 11.3 Å². The summed E-state index contributed by atoms with van der Waals surface area (Å²) < 4.78 is 2.66. The molecular weight excluding hydrogens is 372 g/mol. The van der Waals surface area contributed by atoms with Crippen LogP contribution in [0.5, 0.6) is 0 Å². The molecule has 1 saturated heterocycles. The first-order valence-electron chi connectivity index (χ1n) is 10.2. The molecule has 29 heavy (non-hydrogen) atoms. The van der Waals surface area contributed by atoms with Gasteiger partial charge in [-0.2, -0.15) is 9.69 Å². The summed E-state index contributed by atoms with van der Waals surface area (Å²) in [4.78, 5) is 37.4. The quantitative estimate of drug-likeness (QED) is 0.647. The molecule has 0 radical (unpaired) electrons. The lowest BCUT2D eigenvalue weighted by molar-refractivity contribution is -0.131. The van der Waals surface area contributed by atoms with Crippen molar-refractivity contribution in [3.8, 4) is 0 Å². The Morgan fingerprint density at radius 1 is 1.07 bits per heavy atom. The number of aryl methyl sites for hydroxylation is 2. The standard InChI is InChI=1S/C21H30N4O4/c1-21(29,12-5-13-22)11-4-6-15-9-10-16-17(14-15)23(2)20(28)24(16)25-18(26)7-3-8-19(25)27/h9-10,14,29H,3-8,11-13,22H2,1-2H3. The lowest BCUT2D eigenvalue weighted by Gasteiger charge is -2.25. The fourth-order valence-electron chi connectivity index (χ4n) is 3.96. The second-order valence-electron chi connectivity index (χ2n) is 8.17. The first-order valence-corrected chi connectivity index (χ1v) is 10.2. The van der Waals surface area contributed by atoms with Crippen LogP contribution < -0.4 is 16.4 Å². The van der Waals surface area contributed by atoms with Gasteiger partial charge in [-0.3, -0.25) is 14.2 Å². The number of hydrogen-bond donors (Lipinski definition) is 2. The molecule has 1 unspecified atom stereocenters. The Morgan fingerprint density at radius 3 is 2.38 bits per heavy atom. The molecule has 3 rings (SSSR count). The van der Waals surface area contributed by atoms with Crippen molar-refractivity contribution >= 4 is 22.8 Å². The van der Waals surface area contributed by atoms with Gasteiger partial charge >= 0.3 is 5.69 Å².